The summed E-state index contributed by atoms with van der Waals surface area (Å²) in [6.07, 6.45) is 0. The van der Waals surface area contributed by atoms with Gasteiger partial charge in [-0.3, -0.25) is 14.3 Å². The van der Waals surface area contributed by atoms with Crippen molar-refractivity contribution in [3.63, 3.8) is 0 Å². The van der Waals surface area contributed by atoms with Crippen LogP contribution in [0.4, 0.5) is 17.1 Å². The topological polar surface area (TPSA) is 131 Å². The molecule has 9 nitrogen and oxygen atoms in total. The zero-order valence-corrected chi connectivity index (χ0v) is 15.8. The first-order chi connectivity index (χ1) is 13.2. The molecule has 0 bridgehead atoms. The number of sulfonamides is 1. The molecule has 0 unspecified atom stereocenters. The van der Waals surface area contributed by atoms with Gasteiger partial charge in [0.15, 0.2) is 0 Å². The minimum atomic E-state index is -3.97. The average Bonchev–Trinajstić information content (AvgIpc) is 2.77. The van der Waals surface area contributed by atoms with Crippen molar-refractivity contribution in [1.29, 1.82) is 0 Å². The smallest absolute Gasteiger partial charge is 0.337 e. The fraction of sp³-hybridized carbons (Fsp3) is 0.167. The molecule has 0 radical (unpaired) electrons. The third-order valence-electron chi connectivity index (χ3n) is 4.16. The van der Waals surface area contributed by atoms with Crippen LogP contribution in [-0.4, -0.2) is 33.3 Å². The normalized spacial score (nSPS) is 16.3. The van der Waals surface area contributed by atoms with Crippen molar-refractivity contribution >= 4 is 44.9 Å². The standard InChI is InChI=1S/C18H17N3O6S/c1-10-16(22)19-14-8-7-13(9-15(14)20-17(10)23)28(25,26)21-12-5-3-11(4-6-12)18(24)27-2/h3-10,21H,1-2H3,(H,19,22)(H,20,23)/t10-/m0/s1. The van der Waals surface area contributed by atoms with Gasteiger partial charge in [0.2, 0.25) is 11.8 Å². The van der Waals surface area contributed by atoms with E-state index >= 15 is 0 Å². The Kier molecular flexibility index (Phi) is 5.06. The Morgan fingerprint density at radius 2 is 1.61 bits per heavy atom. The minimum Gasteiger partial charge on any atom is -0.465 e. The summed E-state index contributed by atoms with van der Waals surface area (Å²) in [6, 6.07) is 9.69. The Labute approximate surface area is 161 Å². The summed E-state index contributed by atoms with van der Waals surface area (Å²) in [7, 11) is -2.72. The highest BCUT2D eigenvalue weighted by Gasteiger charge is 2.28. The number of hydrogen-bond donors (Lipinski definition) is 3. The average molecular weight is 403 g/mol. The number of fused-ring (bicyclic) bond motifs is 1. The van der Waals surface area contributed by atoms with Crippen LogP contribution in [0.2, 0.25) is 0 Å². The predicted molar refractivity (Wildman–Crippen MR) is 101 cm³/mol. The Hall–Kier alpha value is -3.40. The van der Waals surface area contributed by atoms with Gasteiger partial charge in [-0.2, -0.15) is 0 Å². The van der Waals surface area contributed by atoms with Crippen LogP contribution in [0.1, 0.15) is 17.3 Å². The lowest BCUT2D eigenvalue weighted by molar-refractivity contribution is -0.128. The number of carbonyl (C=O) groups is 3. The van der Waals surface area contributed by atoms with Crippen molar-refractivity contribution in [2.75, 3.05) is 22.5 Å². The number of anilines is 3. The molecule has 0 aliphatic carbocycles. The van der Waals surface area contributed by atoms with E-state index in [2.05, 4.69) is 20.1 Å². The summed E-state index contributed by atoms with van der Waals surface area (Å²) in [5.41, 5.74) is 1.02. The SMILES string of the molecule is COC(=O)c1ccc(NS(=O)(=O)c2ccc3c(c2)NC(=O)[C@@H](C)C(=O)N3)cc1. The summed E-state index contributed by atoms with van der Waals surface area (Å²) in [5.74, 6) is -2.45. The van der Waals surface area contributed by atoms with Crippen LogP contribution in [0.3, 0.4) is 0 Å². The predicted octanol–water partition coefficient (Wildman–Crippen LogP) is 1.80. The highest BCUT2D eigenvalue weighted by Crippen LogP contribution is 2.29. The van der Waals surface area contributed by atoms with Gasteiger partial charge in [0.1, 0.15) is 5.92 Å². The van der Waals surface area contributed by atoms with Gasteiger partial charge >= 0.3 is 5.97 Å². The molecular formula is C18H17N3O6S. The van der Waals surface area contributed by atoms with Gasteiger partial charge in [0.25, 0.3) is 10.0 Å². The van der Waals surface area contributed by atoms with Gasteiger partial charge in [-0.25, -0.2) is 13.2 Å². The molecule has 1 heterocycles. The number of amides is 2. The number of methoxy groups -OCH3 is 1. The summed E-state index contributed by atoms with van der Waals surface area (Å²) in [4.78, 5) is 35.2. The Morgan fingerprint density at radius 1 is 1.00 bits per heavy atom. The molecule has 28 heavy (non-hydrogen) atoms. The molecule has 2 aromatic rings. The van der Waals surface area contributed by atoms with Crippen LogP contribution in [0, 0.1) is 5.92 Å². The van der Waals surface area contributed by atoms with E-state index in [1.54, 1.807) is 0 Å². The zero-order chi connectivity index (χ0) is 20.5. The molecule has 0 aromatic heterocycles. The molecule has 146 valence electrons. The molecule has 2 amide bonds. The van der Waals surface area contributed by atoms with Crippen molar-refractivity contribution in [3.05, 3.63) is 48.0 Å². The fourth-order valence-electron chi connectivity index (χ4n) is 2.51. The minimum absolute atomic E-state index is 0.104. The number of rotatable bonds is 4. The van der Waals surface area contributed by atoms with Gasteiger partial charge < -0.3 is 15.4 Å². The third-order valence-corrected chi connectivity index (χ3v) is 5.54. The van der Waals surface area contributed by atoms with Crippen molar-refractivity contribution in [2.24, 2.45) is 5.92 Å². The maximum Gasteiger partial charge on any atom is 0.337 e. The van der Waals surface area contributed by atoms with E-state index in [1.165, 1.54) is 56.5 Å². The molecule has 2 aromatic carbocycles. The van der Waals surface area contributed by atoms with Crippen LogP contribution in [0.15, 0.2) is 47.4 Å². The Bertz CT molecular complexity index is 1060. The number of ether oxygens (including phenoxy) is 1. The van der Waals surface area contributed by atoms with E-state index in [4.69, 9.17) is 0 Å². The highest BCUT2D eigenvalue weighted by atomic mass is 32.2. The largest absolute Gasteiger partial charge is 0.465 e. The van der Waals surface area contributed by atoms with Gasteiger partial charge in [0, 0.05) is 5.69 Å². The number of hydrogen-bond acceptors (Lipinski definition) is 6. The fourth-order valence-corrected chi connectivity index (χ4v) is 3.59. The lowest BCUT2D eigenvalue weighted by atomic mass is 10.1. The molecule has 0 spiro atoms. The van der Waals surface area contributed by atoms with E-state index in [1.807, 2.05) is 0 Å². The number of benzene rings is 2. The van der Waals surface area contributed by atoms with Crippen molar-refractivity contribution in [1.82, 2.24) is 0 Å². The maximum absolute atomic E-state index is 12.7. The molecule has 3 rings (SSSR count). The van der Waals surface area contributed by atoms with Crippen LogP contribution in [0.5, 0.6) is 0 Å². The summed E-state index contributed by atoms with van der Waals surface area (Å²) in [5, 5.41) is 5.11. The molecule has 1 aliphatic rings. The van der Waals surface area contributed by atoms with E-state index in [0.717, 1.165) is 0 Å². The lowest BCUT2D eigenvalue weighted by Gasteiger charge is -2.12. The number of esters is 1. The Morgan fingerprint density at radius 3 is 2.21 bits per heavy atom. The first kappa shape index (κ1) is 19.4. The van der Waals surface area contributed by atoms with E-state index in [0.29, 0.717) is 5.69 Å². The molecule has 1 atom stereocenters. The first-order valence-electron chi connectivity index (χ1n) is 8.18. The third kappa shape index (κ3) is 3.81. The second-order valence-electron chi connectivity index (χ2n) is 6.08. The van der Waals surface area contributed by atoms with Crippen molar-refractivity contribution < 1.29 is 27.5 Å². The van der Waals surface area contributed by atoms with E-state index in [9.17, 15) is 22.8 Å². The second-order valence-corrected chi connectivity index (χ2v) is 7.76. The van der Waals surface area contributed by atoms with Crippen molar-refractivity contribution in [2.45, 2.75) is 11.8 Å². The molecule has 0 saturated heterocycles. The zero-order valence-electron chi connectivity index (χ0n) is 15.0. The molecule has 3 N–H and O–H groups in total. The molecule has 0 fully saturated rings. The van der Waals surface area contributed by atoms with Gasteiger partial charge in [0.05, 0.1) is 28.9 Å². The number of nitrogens with one attached hydrogen (secondary N) is 3. The van der Waals surface area contributed by atoms with E-state index in [-0.39, 0.29) is 21.8 Å². The van der Waals surface area contributed by atoms with Gasteiger partial charge in [-0.15, -0.1) is 0 Å². The summed E-state index contributed by atoms with van der Waals surface area (Å²) >= 11 is 0. The maximum atomic E-state index is 12.7. The van der Waals surface area contributed by atoms with Gasteiger partial charge in [-0.05, 0) is 49.4 Å². The molecule has 1 aliphatic heterocycles. The van der Waals surface area contributed by atoms with Crippen LogP contribution < -0.4 is 15.4 Å². The Balaban J connectivity index is 1.87. The van der Waals surface area contributed by atoms with Crippen LogP contribution >= 0.6 is 0 Å². The van der Waals surface area contributed by atoms with Crippen molar-refractivity contribution in [3.8, 4) is 0 Å². The van der Waals surface area contributed by atoms with Crippen LogP contribution in [-0.2, 0) is 24.3 Å². The van der Waals surface area contributed by atoms with Crippen LogP contribution in [0.25, 0.3) is 0 Å². The first-order valence-corrected chi connectivity index (χ1v) is 9.66. The quantitative estimate of drug-likeness (QED) is 0.527. The number of carbonyl (C=O) groups excluding carboxylic acids is 3. The summed E-state index contributed by atoms with van der Waals surface area (Å²) < 4.78 is 32.3. The summed E-state index contributed by atoms with van der Waals surface area (Å²) in [6.45, 7) is 1.45. The highest BCUT2D eigenvalue weighted by molar-refractivity contribution is 7.92. The molecular weight excluding hydrogens is 386 g/mol. The van der Waals surface area contributed by atoms with E-state index < -0.39 is 33.7 Å². The lowest BCUT2D eigenvalue weighted by Crippen LogP contribution is -2.28. The molecule has 0 saturated carbocycles. The monoisotopic (exact) mass is 403 g/mol. The second kappa shape index (κ2) is 7.31. The molecule has 10 heteroatoms. The van der Waals surface area contributed by atoms with Gasteiger partial charge in [-0.1, -0.05) is 0 Å².